The van der Waals surface area contributed by atoms with Gasteiger partial charge in [0.1, 0.15) is 11.8 Å². The number of fused-ring (bicyclic) bond motifs is 1. The van der Waals surface area contributed by atoms with Crippen LogP contribution in [0.1, 0.15) is 38.7 Å². The van der Waals surface area contributed by atoms with Crippen LogP contribution in [-0.4, -0.2) is 51.0 Å². The molecule has 1 aliphatic heterocycles. The molecular weight excluding hydrogens is 419 g/mol. The van der Waals surface area contributed by atoms with Crippen molar-refractivity contribution in [3.05, 3.63) is 36.0 Å². The number of hydrogen-bond acceptors (Lipinski definition) is 4. The molecule has 1 aromatic carbocycles. The van der Waals surface area contributed by atoms with Crippen LogP contribution in [0.2, 0.25) is 0 Å². The molecule has 1 aliphatic rings. The van der Waals surface area contributed by atoms with Gasteiger partial charge in [-0.05, 0) is 43.4 Å². The van der Waals surface area contributed by atoms with Crippen molar-refractivity contribution in [3.63, 3.8) is 0 Å². The number of amides is 2. The normalized spacial score (nSPS) is 18.8. The summed E-state index contributed by atoms with van der Waals surface area (Å²) in [6, 6.07) is 6.23. The minimum absolute atomic E-state index is 0.0352. The van der Waals surface area contributed by atoms with Crippen molar-refractivity contribution in [3.8, 4) is 0 Å². The van der Waals surface area contributed by atoms with E-state index in [1.54, 1.807) is 6.20 Å². The zero-order valence-electron chi connectivity index (χ0n) is 17.8. The van der Waals surface area contributed by atoms with Gasteiger partial charge in [-0.3, -0.25) is 14.2 Å². The molecule has 3 unspecified atom stereocenters. The largest absolute Gasteiger partial charge is 0.361 e. The first-order valence-corrected chi connectivity index (χ1v) is 12.3. The summed E-state index contributed by atoms with van der Waals surface area (Å²) < 4.78 is 12.2. The standard InChI is InChI=1S/C21H31N4O5P/c1-13(2)10-18(24-20(26)17-8-5-9-22-17)21(27)25-19(31(28,29)30)11-14-12-23-16-7-4-3-6-15(14)16/h3-4,6-7,12-13,17-19,22-23H,5,8-11H2,1-2H3,(H,24,26)(H,25,27)(H2,28,29,30). The van der Waals surface area contributed by atoms with E-state index < -0.39 is 25.3 Å². The maximum atomic E-state index is 13.0. The average molecular weight is 450 g/mol. The molecule has 170 valence electrons. The molecular formula is C21H31N4O5P. The molecule has 1 aromatic heterocycles. The van der Waals surface area contributed by atoms with Gasteiger partial charge >= 0.3 is 7.60 Å². The van der Waals surface area contributed by atoms with Crippen LogP contribution in [-0.2, 0) is 20.6 Å². The zero-order valence-corrected chi connectivity index (χ0v) is 18.7. The van der Waals surface area contributed by atoms with E-state index in [4.69, 9.17) is 0 Å². The van der Waals surface area contributed by atoms with Gasteiger partial charge in [0.05, 0.1) is 6.04 Å². The molecule has 2 heterocycles. The predicted molar refractivity (Wildman–Crippen MR) is 118 cm³/mol. The summed E-state index contributed by atoms with van der Waals surface area (Å²) in [4.78, 5) is 48.4. The lowest BCUT2D eigenvalue weighted by Gasteiger charge is -2.26. The second kappa shape index (κ2) is 9.96. The number of H-pyrrole nitrogens is 1. The van der Waals surface area contributed by atoms with E-state index in [2.05, 4.69) is 20.9 Å². The lowest BCUT2D eigenvalue weighted by molar-refractivity contribution is -0.130. The molecule has 3 atom stereocenters. The molecule has 0 aliphatic carbocycles. The van der Waals surface area contributed by atoms with Crippen LogP contribution in [0.4, 0.5) is 0 Å². The first-order chi connectivity index (χ1) is 14.6. The van der Waals surface area contributed by atoms with Crippen LogP contribution in [0.3, 0.4) is 0 Å². The minimum Gasteiger partial charge on any atom is -0.361 e. The number of aromatic nitrogens is 1. The monoisotopic (exact) mass is 450 g/mol. The Morgan fingerprint density at radius 3 is 2.61 bits per heavy atom. The maximum Gasteiger partial charge on any atom is 0.347 e. The Kier molecular flexibility index (Phi) is 7.54. The molecule has 0 saturated carbocycles. The summed E-state index contributed by atoms with van der Waals surface area (Å²) in [5.74, 6) is -2.14. The van der Waals surface area contributed by atoms with E-state index in [1.165, 1.54) is 0 Å². The Morgan fingerprint density at radius 2 is 1.97 bits per heavy atom. The van der Waals surface area contributed by atoms with Crippen LogP contribution >= 0.6 is 7.60 Å². The lowest BCUT2D eigenvalue weighted by Crippen LogP contribution is -2.53. The van der Waals surface area contributed by atoms with Gasteiger partial charge in [-0.2, -0.15) is 0 Å². The Hall–Kier alpha value is -2.19. The Labute approximate surface area is 181 Å². The molecule has 31 heavy (non-hydrogen) atoms. The van der Waals surface area contributed by atoms with Gasteiger partial charge < -0.3 is 30.7 Å². The zero-order chi connectivity index (χ0) is 22.6. The van der Waals surface area contributed by atoms with Crippen LogP contribution in [0, 0.1) is 5.92 Å². The van der Waals surface area contributed by atoms with Crippen LogP contribution in [0.5, 0.6) is 0 Å². The molecule has 1 saturated heterocycles. The summed E-state index contributed by atoms with van der Waals surface area (Å²) in [6.07, 6.45) is 3.62. The molecule has 2 amide bonds. The third kappa shape index (κ3) is 6.17. The molecule has 1 fully saturated rings. The fraction of sp³-hybridized carbons (Fsp3) is 0.524. The number of benzene rings is 1. The predicted octanol–water partition coefficient (Wildman–Crippen LogP) is 1.61. The number of aromatic amines is 1. The summed E-state index contributed by atoms with van der Waals surface area (Å²) in [7, 11) is -4.65. The van der Waals surface area contributed by atoms with Crippen molar-refractivity contribution in [1.82, 2.24) is 20.9 Å². The van der Waals surface area contributed by atoms with Crippen molar-refractivity contribution in [2.24, 2.45) is 5.92 Å². The molecule has 0 radical (unpaired) electrons. The van der Waals surface area contributed by atoms with Crippen LogP contribution < -0.4 is 16.0 Å². The average Bonchev–Trinajstić information content (AvgIpc) is 3.36. The number of carbonyl (C=O) groups excluding carboxylic acids is 2. The van der Waals surface area contributed by atoms with Gasteiger partial charge in [0, 0.05) is 23.5 Å². The number of para-hydroxylation sites is 1. The second-order valence-electron chi connectivity index (χ2n) is 8.52. The van der Waals surface area contributed by atoms with E-state index in [0.29, 0.717) is 18.4 Å². The first kappa shape index (κ1) is 23.5. The van der Waals surface area contributed by atoms with Gasteiger partial charge in [-0.1, -0.05) is 32.0 Å². The third-order valence-electron chi connectivity index (χ3n) is 5.52. The van der Waals surface area contributed by atoms with E-state index in [1.807, 2.05) is 38.1 Å². The van der Waals surface area contributed by atoms with Crippen LogP contribution in [0.15, 0.2) is 30.5 Å². The molecule has 2 aromatic rings. The molecule has 10 heteroatoms. The molecule has 6 N–H and O–H groups in total. The Balaban J connectivity index is 1.75. The Morgan fingerprint density at radius 1 is 1.23 bits per heavy atom. The summed E-state index contributed by atoms with van der Waals surface area (Å²) >= 11 is 0. The third-order valence-corrected chi connectivity index (χ3v) is 6.64. The fourth-order valence-corrected chi connectivity index (χ4v) is 4.64. The number of hydrogen-bond donors (Lipinski definition) is 6. The highest BCUT2D eigenvalue weighted by atomic mass is 31.2. The molecule has 3 rings (SSSR count). The SMILES string of the molecule is CC(C)CC(NC(=O)C1CCCN1)C(=O)NC(Cc1c[nH]c2ccccc12)P(=O)(O)O. The fourth-order valence-electron chi connectivity index (χ4n) is 3.91. The molecule has 0 spiro atoms. The van der Waals surface area contributed by atoms with Gasteiger partial charge in [-0.15, -0.1) is 0 Å². The minimum atomic E-state index is -4.65. The summed E-state index contributed by atoms with van der Waals surface area (Å²) in [5, 5.41) is 9.21. The van der Waals surface area contributed by atoms with E-state index in [9.17, 15) is 23.9 Å². The highest BCUT2D eigenvalue weighted by molar-refractivity contribution is 7.52. The van der Waals surface area contributed by atoms with Crippen molar-refractivity contribution in [1.29, 1.82) is 0 Å². The summed E-state index contributed by atoms with van der Waals surface area (Å²) in [5.41, 5.74) is 1.55. The van der Waals surface area contributed by atoms with Crippen molar-refractivity contribution in [2.75, 3.05) is 6.54 Å². The van der Waals surface area contributed by atoms with Gasteiger partial charge in [-0.25, -0.2) is 0 Å². The van der Waals surface area contributed by atoms with Crippen LogP contribution in [0.25, 0.3) is 10.9 Å². The molecule has 0 bridgehead atoms. The molecule has 9 nitrogen and oxygen atoms in total. The quantitative estimate of drug-likeness (QED) is 0.320. The Bertz CT molecular complexity index is 964. The number of nitrogens with one attached hydrogen (secondary N) is 4. The lowest BCUT2D eigenvalue weighted by atomic mass is 10.0. The van der Waals surface area contributed by atoms with E-state index in [-0.39, 0.29) is 24.3 Å². The van der Waals surface area contributed by atoms with E-state index >= 15 is 0 Å². The topological polar surface area (TPSA) is 144 Å². The number of carbonyl (C=O) groups is 2. The van der Waals surface area contributed by atoms with Crippen molar-refractivity contribution >= 4 is 30.3 Å². The van der Waals surface area contributed by atoms with Crippen molar-refractivity contribution < 1.29 is 23.9 Å². The van der Waals surface area contributed by atoms with Gasteiger partial charge in [0.2, 0.25) is 11.8 Å². The van der Waals surface area contributed by atoms with Gasteiger partial charge in [0.25, 0.3) is 0 Å². The van der Waals surface area contributed by atoms with Crippen molar-refractivity contribution in [2.45, 2.75) is 57.4 Å². The highest BCUT2D eigenvalue weighted by Crippen LogP contribution is 2.42. The number of rotatable bonds is 9. The summed E-state index contributed by atoms with van der Waals surface area (Å²) in [6.45, 7) is 4.60. The maximum absolute atomic E-state index is 13.0. The highest BCUT2D eigenvalue weighted by Gasteiger charge is 2.34. The first-order valence-electron chi connectivity index (χ1n) is 10.6. The van der Waals surface area contributed by atoms with E-state index in [0.717, 1.165) is 23.9 Å². The second-order valence-corrected chi connectivity index (χ2v) is 10.3. The smallest absolute Gasteiger partial charge is 0.347 e. The van der Waals surface area contributed by atoms with Gasteiger partial charge in [0.15, 0.2) is 0 Å².